The van der Waals surface area contributed by atoms with Crippen molar-refractivity contribution in [2.75, 3.05) is 57.7 Å². The molecule has 0 spiro atoms. The number of fused-ring (bicyclic) bond motifs is 3. The monoisotopic (exact) mass is 1260 g/mol. The van der Waals surface area contributed by atoms with Crippen molar-refractivity contribution < 1.29 is 4.74 Å². The molecule has 0 aliphatic carbocycles. The Morgan fingerprint density at radius 1 is 0.206 bits per heavy atom. The molecule has 0 aromatic heterocycles. The average molecular weight is 1260 g/mol. The van der Waals surface area contributed by atoms with E-state index < -0.39 is 0 Å². The molecule has 474 valence electrons. The summed E-state index contributed by atoms with van der Waals surface area (Å²) in [7, 11) is 7.99. The standard InChI is InChI=1S/C30H26N2O.2C30H26N2/c1-31(25-19-21-28(33-2)22-20-25)24-15-17-27(18-16-24)32(26-11-4-3-5-12-26)30-14-8-10-23-9-6-7-13-29(23)30;1-23-10-8-15-28(22-23)31(2)25-18-20-27(21-19-25)32(26-13-4-3-5-14-26)30-17-9-12-24-11-6-7-16-29(24)30;1-23-15-17-25(18-16-23)31(2)26-19-21-28(22-20-26)32(27-11-4-3-5-12-27)30-14-8-10-24-9-6-7-13-29(24)30/h3-22H,1-2H3;2*3-22H,1-2H3. The predicted molar refractivity (Wildman–Crippen MR) is 415 cm³/mol. The van der Waals surface area contributed by atoms with Crippen LogP contribution in [-0.2, 0) is 0 Å². The van der Waals surface area contributed by atoms with Crippen LogP contribution in [0.5, 0.6) is 5.75 Å². The Morgan fingerprint density at radius 2 is 0.454 bits per heavy atom. The van der Waals surface area contributed by atoms with Gasteiger partial charge in [-0.1, -0.05) is 194 Å². The van der Waals surface area contributed by atoms with Gasteiger partial charge in [-0.15, -0.1) is 0 Å². The summed E-state index contributed by atoms with van der Waals surface area (Å²) in [6, 6.07) is 128. The zero-order valence-corrected chi connectivity index (χ0v) is 55.7. The number of benzene rings is 15. The number of hydrogen-bond donors (Lipinski definition) is 0. The first kappa shape index (κ1) is 63.4. The van der Waals surface area contributed by atoms with Crippen molar-refractivity contribution >= 4 is 118 Å². The van der Waals surface area contributed by atoms with Gasteiger partial charge in [-0.25, -0.2) is 0 Å². The maximum Gasteiger partial charge on any atom is 0.119 e. The van der Waals surface area contributed by atoms with Gasteiger partial charge >= 0.3 is 0 Å². The first-order valence-electron chi connectivity index (χ1n) is 32.9. The molecule has 0 atom stereocenters. The fraction of sp³-hybridized carbons (Fsp3) is 0.0667. The second-order valence-electron chi connectivity index (χ2n) is 24.1. The van der Waals surface area contributed by atoms with Gasteiger partial charge in [-0.3, -0.25) is 0 Å². The third-order valence-electron chi connectivity index (χ3n) is 17.8. The van der Waals surface area contributed by atoms with Gasteiger partial charge in [0.05, 0.1) is 24.2 Å². The second kappa shape index (κ2) is 29.7. The molecule has 7 heteroatoms. The van der Waals surface area contributed by atoms with Gasteiger partial charge < -0.3 is 34.1 Å². The summed E-state index contributed by atoms with van der Waals surface area (Å²) < 4.78 is 5.29. The molecule has 0 saturated carbocycles. The number of anilines is 15. The molecule has 0 amide bonds. The van der Waals surface area contributed by atoms with Gasteiger partial charge in [-0.2, -0.15) is 0 Å². The number of ether oxygens (including phenoxy) is 1. The lowest BCUT2D eigenvalue weighted by atomic mass is 10.1. The molecular formula is C90H78N6O. The maximum atomic E-state index is 5.29. The minimum absolute atomic E-state index is 0.857. The topological polar surface area (TPSA) is 28.7 Å². The van der Waals surface area contributed by atoms with Gasteiger partial charge in [-0.05, 0) is 211 Å². The Bertz CT molecular complexity index is 5020. The van der Waals surface area contributed by atoms with E-state index in [1.807, 2.05) is 12.1 Å². The SMILES string of the molecule is COc1ccc(N(C)c2ccc(N(c3ccccc3)c3cccc4ccccc34)cc2)cc1.Cc1ccc(N(C)c2ccc(N(c3ccccc3)c3cccc4ccccc34)cc2)cc1.Cc1cccc(N(C)c2ccc(N(c3ccccc3)c3cccc4ccccc34)cc2)c1. The summed E-state index contributed by atoms with van der Waals surface area (Å²) in [5.74, 6) is 0.857. The Balaban J connectivity index is 0.000000131. The van der Waals surface area contributed by atoms with Crippen molar-refractivity contribution in [3.8, 4) is 5.75 Å². The Morgan fingerprint density at radius 3 is 0.784 bits per heavy atom. The minimum Gasteiger partial charge on any atom is -0.497 e. The van der Waals surface area contributed by atoms with Crippen LogP contribution in [0.15, 0.2) is 364 Å². The Hall–Kier alpha value is -12.3. The molecule has 15 aromatic carbocycles. The van der Waals surface area contributed by atoms with E-state index in [1.165, 1.54) is 66.2 Å². The fourth-order valence-electron chi connectivity index (χ4n) is 12.6. The highest BCUT2D eigenvalue weighted by molar-refractivity contribution is 6.01. The third-order valence-corrected chi connectivity index (χ3v) is 17.8. The van der Waals surface area contributed by atoms with E-state index in [0.717, 1.165) is 68.3 Å². The minimum atomic E-state index is 0.857. The Kier molecular flexibility index (Phi) is 19.5. The largest absolute Gasteiger partial charge is 0.497 e. The highest BCUT2D eigenvalue weighted by Crippen LogP contribution is 2.44. The van der Waals surface area contributed by atoms with E-state index in [-0.39, 0.29) is 0 Å². The molecule has 0 N–H and O–H groups in total. The zero-order chi connectivity index (χ0) is 66.5. The highest BCUT2D eigenvalue weighted by atomic mass is 16.5. The van der Waals surface area contributed by atoms with Crippen LogP contribution < -0.4 is 34.1 Å². The number of nitrogens with zero attached hydrogens (tertiary/aromatic N) is 6. The van der Waals surface area contributed by atoms with Crippen molar-refractivity contribution in [2.24, 2.45) is 0 Å². The van der Waals surface area contributed by atoms with E-state index in [9.17, 15) is 0 Å². The molecule has 0 fully saturated rings. The number of hydrogen-bond acceptors (Lipinski definition) is 7. The van der Waals surface area contributed by atoms with E-state index in [1.54, 1.807) is 7.11 Å². The summed E-state index contributed by atoms with van der Waals surface area (Å²) in [4.78, 5) is 13.6. The molecule has 0 aliphatic heterocycles. The zero-order valence-electron chi connectivity index (χ0n) is 55.7. The number of aryl methyl sites for hydroxylation is 2. The van der Waals surface area contributed by atoms with Gasteiger partial charge in [0.15, 0.2) is 0 Å². The van der Waals surface area contributed by atoms with Crippen molar-refractivity contribution in [1.82, 2.24) is 0 Å². The van der Waals surface area contributed by atoms with Gasteiger partial charge in [0.25, 0.3) is 0 Å². The summed E-state index contributed by atoms with van der Waals surface area (Å²) >= 11 is 0. The molecule has 0 aliphatic rings. The smallest absolute Gasteiger partial charge is 0.119 e. The quantitative estimate of drug-likeness (QED) is 0.0952. The molecule has 0 saturated heterocycles. The van der Waals surface area contributed by atoms with Crippen LogP contribution in [0.1, 0.15) is 11.1 Å². The summed E-state index contributed by atoms with van der Waals surface area (Å²) in [5, 5.41) is 7.40. The normalized spacial score (nSPS) is 10.8. The Labute approximate surface area is 571 Å². The molecule has 15 rings (SSSR count). The lowest BCUT2D eigenvalue weighted by Crippen LogP contribution is -2.12. The molecule has 0 radical (unpaired) electrons. The number of methoxy groups -OCH3 is 1. The molecule has 15 aromatic rings. The third kappa shape index (κ3) is 14.4. The van der Waals surface area contributed by atoms with Crippen LogP contribution in [-0.4, -0.2) is 28.3 Å². The second-order valence-corrected chi connectivity index (χ2v) is 24.1. The predicted octanol–water partition coefficient (Wildman–Crippen LogP) is 24.9. The molecule has 0 unspecified atom stereocenters. The molecular weight excluding hydrogens is 1180 g/mol. The van der Waals surface area contributed by atoms with Gasteiger partial charge in [0.2, 0.25) is 0 Å². The van der Waals surface area contributed by atoms with Crippen molar-refractivity contribution in [1.29, 1.82) is 0 Å². The molecule has 7 nitrogen and oxygen atoms in total. The first-order valence-corrected chi connectivity index (χ1v) is 32.9. The van der Waals surface area contributed by atoms with Crippen molar-refractivity contribution in [3.63, 3.8) is 0 Å². The first-order chi connectivity index (χ1) is 47.6. The van der Waals surface area contributed by atoms with Gasteiger partial charge in [0.1, 0.15) is 5.75 Å². The van der Waals surface area contributed by atoms with Crippen LogP contribution >= 0.6 is 0 Å². The van der Waals surface area contributed by atoms with Crippen LogP contribution in [0.4, 0.5) is 85.3 Å². The van der Waals surface area contributed by atoms with E-state index in [4.69, 9.17) is 4.74 Å². The summed E-state index contributed by atoms with van der Waals surface area (Å²) in [6.07, 6.45) is 0. The molecule has 0 bridgehead atoms. The lowest BCUT2D eigenvalue weighted by Gasteiger charge is -2.28. The summed E-state index contributed by atoms with van der Waals surface area (Å²) in [6.45, 7) is 4.24. The average Bonchev–Trinajstić information content (AvgIpc) is 0.801. The highest BCUT2D eigenvalue weighted by Gasteiger charge is 2.20. The number of rotatable bonds is 16. The van der Waals surface area contributed by atoms with Crippen LogP contribution in [0.2, 0.25) is 0 Å². The van der Waals surface area contributed by atoms with E-state index in [0.29, 0.717) is 0 Å². The summed E-state index contributed by atoms with van der Waals surface area (Å²) in [5.41, 5.74) is 19.7. The van der Waals surface area contributed by atoms with Crippen molar-refractivity contribution in [2.45, 2.75) is 13.8 Å². The molecule has 0 heterocycles. The van der Waals surface area contributed by atoms with E-state index >= 15 is 0 Å². The maximum absolute atomic E-state index is 5.29. The van der Waals surface area contributed by atoms with Crippen LogP contribution in [0.25, 0.3) is 32.3 Å². The lowest BCUT2D eigenvalue weighted by molar-refractivity contribution is 0.415. The van der Waals surface area contributed by atoms with Crippen LogP contribution in [0.3, 0.4) is 0 Å². The van der Waals surface area contributed by atoms with Crippen LogP contribution in [0, 0.1) is 13.8 Å². The van der Waals surface area contributed by atoms with Gasteiger partial charge in [0, 0.05) is 106 Å². The van der Waals surface area contributed by atoms with Crippen molar-refractivity contribution in [3.05, 3.63) is 375 Å². The molecule has 97 heavy (non-hydrogen) atoms. The van der Waals surface area contributed by atoms with E-state index in [2.05, 4.69) is 416 Å². The fourth-order valence-corrected chi connectivity index (χ4v) is 12.6. The number of para-hydroxylation sites is 3.